The maximum absolute atomic E-state index is 12.8. The maximum atomic E-state index is 12.8. The van der Waals surface area contributed by atoms with Crippen molar-refractivity contribution in [3.8, 4) is 0 Å². The Kier molecular flexibility index (Phi) is 5.63. The summed E-state index contributed by atoms with van der Waals surface area (Å²) >= 11 is 2.95. The molecule has 1 amide bonds. The monoisotopic (exact) mass is 375 g/mol. The summed E-state index contributed by atoms with van der Waals surface area (Å²) in [4.78, 5) is 13.0. The maximum Gasteiger partial charge on any atom is 0.263 e. The van der Waals surface area contributed by atoms with E-state index >= 15 is 0 Å². The highest BCUT2D eigenvalue weighted by Crippen LogP contribution is 2.27. The van der Waals surface area contributed by atoms with Gasteiger partial charge in [-0.1, -0.05) is 0 Å². The highest BCUT2D eigenvalue weighted by Gasteiger charge is 2.31. The average Bonchev–Trinajstić information content (AvgIpc) is 3.07. The van der Waals surface area contributed by atoms with Gasteiger partial charge in [0.05, 0.1) is 0 Å². The molecule has 2 saturated heterocycles. The van der Waals surface area contributed by atoms with Gasteiger partial charge in [0.25, 0.3) is 5.91 Å². The minimum Gasteiger partial charge on any atom is -0.347 e. The number of hydrogen-bond donors (Lipinski definition) is 2. The van der Waals surface area contributed by atoms with E-state index in [2.05, 4.69) is 10.6 Å². The summed E-state index contributed by atoms with van der Waals surface area (Å²) in [6, 6.07) is 1.62. The van der Waals surface area contributed by atoms with Gasteiger partial charge in [0.1, 0.15) is 9.77 Å². The Morgan fingerprint density at radius 1 is 1.35 bits per heavy atom. The first-order chi connectivity index (χ1) is 11.1. The normalized spacial score (nSPS) is 23.6. The Hall–Kier alpha value is -0.610. The molecule has 0 saturated carbocycles. The van der Waals surface area contributed by atoms with Gasteiger partial charge in [-0.15, -0.1) is 11.3 Å². The van der Waals surface area contributed by atoms with Crippen LogP contribution in [0.5, 0.6) is 0 Å². The number of piperidine rings is 1. The molecular weight excluding hydrogens is 354 g/mol. The van der Waals surface area contributed by atoms with Crippen LogP contribution in [0.2, 0.25) is 0 Å². The van der Waals surface area contributed by atoms with Crippen LogP contribution >= 0.6 is 23.1 Å². The number of amides is 1. The van der Waals surface area contributed by atoms with Crippen molar-refractivity contribution in [2.24, 2.45) is 0 Å². The molecule has 0 unspecified atom stereocenters. The molecule has 0 radical (unpaired) electrons. The van der Waals surface area contributed by atoms with Crippen molar-refractivity contribution in [2.75, 3.05) is 37.7 Å². The van der Waals surface area contributed by atoms with Crippen molar-refractivity contribution in [2.45, 2.75) is 23.8 Å². The zero-order chi connectivity index (χ0) is 16.3. The van der Waals surface area contributed by atoms with Crippen LogP contribution in [0.1, 0.15) is 22.5 Å². The summed E-state index contributed by atoms with van der Waals surface area (Å²) < 4.78 is 27.1. The number of nitrogens with one attached hydrogen (secondary N) is 2. The minimum absolute atomic E-state index is 0.0697. The number of thiophene rings is 1. The molecule has 1 aromatic rings. The number of sulfonamides is 1. The molecule has 3 heterocycles. The van der Waals surface area contributed by atoms with Crippen LogP contribution in [0, 0.1) is 0 Å². The third-order valence-corrected chi connectivity index (χ3v) is 7.98. The lowest BCUT2D eigenvalue weighted by atomic mass is 10.1. The van der Waals surface area contributed by atoms with E-state index in [4.69, 9.17) is 0 Å². The first kappa shape index (κ1) is 17.2. The van der Waals surface area contributed by atoms with Gasteiger partial charge in [0.15, 0.2) is 0 Å². The Labute approximate surface area is 145 Å². The van der Waals surface area contributed by atoms with Crippen LogP contribution in [-0.4, -0.2) is 62.4 Å². The van der Waals surface area contributed by atoms with E-state index in [1.54, 1.807) is 23.2 Å². The van der Waals surface area contributed by atoms with Crippen LogP contribution in [0.25, 0.3) is 0 Å². The quantitative estimate of drug-likeness (QED) is 0.820. The molecular formula is C14H21N3O3S3. The molecule has 2 aliphatic rings. The topological polar surface area (TPSA) is 78.5 Å². The van der Waals surface area contributed by atoms with Gasteiger partial charge in [-0.25, -0.2) is 8.42 Å². The highest BCUT2D eigenvalue weighted by molar-refractivity contribution is 7.99. The third-order valence-electron chi connectivity index (χ3n) is 4.06. The summed E-state index contributed by atoms with van der Waals surface area (Å²) in [5.41, 5.74) is 0. The number of thioether (sulfide) groups is 1. The van der Waals surface area contributed by atoms with Crippen LogP contribution in [0.15, 0.2) is 16.3 Å². The van der Waals surface area contributed by atoms with Gasteiger partial charge in [-0.05, 0) is 30.8 Å². The van der Waals surface area contributed by atoms with Gasteiger partial charge < -0.3 is 10.6 Å². The van der Waals surface area contributed by atoms with E-state index in [0.717, 1.165) is 37.4 Å². The lowest BCUT2D eigenvalue weighted by Gasteiger charge is -2.26. The van der Waals surface area contributed by atoms with E-state index in [9.17, 15) is 13.2 Å². The van der Waals surface area contributed by atoms with E-state index in [0.29, 0.717) is 18.0 Å². The molecule has 6 nitrogen and oxygen atoms in total. The summed E-state index contributed by atoms with van der Waals surface area (Å²) in [5.74, 6) is 1.33. The first-order valence-electron chi connectivity index (χ1n) is 7.76. The molecule has 2 N–H and O–H groups in total. The molecule has 0 aliphatic carbocycles. The molecule has 23 heavy (non-hydrogen) atoms. The van der Waals surface area contributed by atoms with Crippen molar-refractivity contribution in [3.63, 3.8) is 0 Å². The van der Waals surface area contributed by atoms with Crippen molar-refractivity contribution in [1.29, 1.82) is 0 Å². The summed E-state index contributed by atoms with van der Waals surface area (Å²) in [5, 5.41) is 7.88. The predicted molar refractivity (Wildman–Crippen MR) is 93.8 cm³/mol. The number of hydrogen-bond acceptors (Lipinski definition) is 6. The van der Waals surface area contributed by atoms with E-state index < -0.39 is 10.0 Å². The molecule has 2 fully saturated rings. The van der Waals surface area contributed by atoms with E-state index in [-0.39, 0.29) is 16.8 Å². The van der Waals surface area contributed by atoms with E-state index in [1.807, 2.05) is 0 Å². The molecule has 9 heteroatoms. The van der Waals surface area contributed by atoms with Gasteiger partial charge in [0, 0.05) is 37.2 Å². The molecule has 128 valence electrons. The fraction of sp³-hybridized carbons (Fsp3) is 0.643. The first-order valence-corrected chi connectivity index (χ1v) is 11.2. The second-order valence-corrected chi connectivity index (χ2v) is 9.69. The van der Waals surface area contributed by atoms with Crippen molar-refractivity contribution < 1.29 is 13.2 Å². The van der Waals surface area contributed by atoms with Gasteiger partial charge >= 0.3 is 0 Å². The molecule has 1 atom stereocenters. The van der Waals surface area contributed by atoms with Gasteiger partial charge in [-0.3, -0.25) is 4.79 Å². The zero-order valence-corrected chi connectivity index (χ0v) is 15.2. The zero-order valence-electron chi connectivity index (χ0n) is 12.8. The summed E-state index contributed by atoms with van der Waals surface area (Å²) in [7, 11) is -3.58. The Balaban J connectivity index is 1.76. The number of nitrogens with zero attached hydrogens (tertiary/aromatic N) is 1. The Morgan fingerprint density at radius 3 is 2.83 bits per heavy atom. The Morgan fingerprint density at radius 2 is 2.13 bits per heavy atom. The van der Waals surface area contributed by atoms with Crippen LogP contribution in [-0.2, 0) is 10.0 Å². The summed E-state index contributed by atoms with van der Waals surface area (Å²) in [6.45, 7) is 2.73. The lowest BCUT2D eigenvalue weighted by Crippen LogP contribution is -2.46. The SMILES string of the molecule is O=C(N[C@H]1CCCNC1)c1sccc1S(=O)(=O)N1CCSCC1. The predicted octanol–water partition coefficient (Wildman–Crippen LogP) is 0.967. The van der Waals surface area contributed by atoms with Crippen LogP contribution in [0.4, 0.5) is 0 Å². The average molecular weight is 376 g/mol. The number of rotatable bonds is 4. The fourth-order valence-electron chi connectivity index (χ4n) is 2.82. The van der Waals surface area contributed by atoms with E-state index in [1.165, 1.54) is 15.6 Å². The largest absolute Gasteiger partial charge is 0.347 e. The second kappa shape index (κ2) is 7.52. The van der Waals surface area contributed by atoms with Gasteiger partial charge in [-0.2, -0.15) is 16.1 Å². The molecule has 0 spiro atoms. The molecule has 0 bridgehead atoms. The molecule has 2 aliphatic heterocycles. The van der Waals surface area contributed by atoms with Crippen LogP contribution < -0.4 is 10.6 Å². The Bertz CT molecular complexity index is 647. The molecule has 0 aromatic carbocycles. The van der Waals surface area contributed by atoms with Crippen molar-refractivity contribution >= 4 is 39.0 Å². The number of carbonyl (C=O) groups is 1. The molecule has 1 aromatic heterocycles. The third kappa shape index (κ3) is 3.90. The number of carbonyl (C=O) groups excluding carboxylic acids is 1. The summed E-state index contributed by atoms with van der Waals surface area (Å²) in [6.07, 6.45) is 1.95. The van der Waals surface area contributed by atoms with Crippen LogP contribution in [0.3, 0.4) is 0 Å². The minimum atomic E-state index is -3.58. The highest BCUT2D eigenvalue weighted by atomic mass is 32.2. The van der Waals surface area contributed by atoms with Gasteiger partial charge in [0.2, 0.25) is 10.0 Å². The smallest absolute Gasteiger partial charge is 0.263 e. The lowest BCUT2D eigenvalue weighted by molar-refractivity contribution is 0.0931. The standard InChI is InChI=1S/C14H21N3O3S3/c18-14(16-11-2-1-4-15-10-11)13-12(3-7-22-13)23(19,20)17-5-8-21-9-6-17/h3,7,11,15H,1-2,4-6,8-10H2,(H,16,18)/t11-/m0/s1. The fourth-order valence-corrected chi connectivity index (χ4v) is 6.70. The van der Waals surface area contributed by atoms with Crippen molar-refractivity contribution in [1.82, 2.24) is 14.9 Å². The second-order valence-electron chi connectivity index (χ2n) is 5.65. The molecule has 3 rings (SSSR count). The van der Waals surface area contributed by atoms with Crippen molar-refractivity contribution in [3.05, 3.63) is 16.3 Å².